The van der Waals surface area contributed by atoms with Crippen molar-refractivity contribution in [2.24, 2.45) is 5.73 Å². The summed E-state index contributed by atoms with van der Waals surface area (Å²) in [6.45, 7) is 2.94. The van der Waals surface area contributed by atoms with Crippen LogP contribution in [-0.2, 0) is 15.0 Å². The van der Waals surface area contributed by atoms with Crippen molar-refractivity contribution in [3.63, 3.8) is 0 Å². The zero-order valence-electron chi connectivity index (χ0n) is 17.1. The maximum atomic E-state index is 12.7. The van der Waals surface area contributed by atoms with Crippen molar-refractivity contribution in [1.82, 2.24) is 4.90 Å². The normalized spacial score (nSPS) is 15.7. The second-order valence-electron chi connectivity index (χ2n) is 7.94. The van der Waals surface area contributed by atoms with E-state index in [1.807, 2.05) is 73.7 Å². The lowest BCUT2D eigenvalue weighted by atomic mass is 9.70. The predicted octanol–water partition coefficient (Wildman–Crippen LogP) is 3.57. The molecule has 1 saturated heterocycles. The fraction of sp³-hybridized carbons (Fsp3) is 0.280. The van der Waals surface area contributed by atoms with Gasteiger partial charge in [0.1, 0.15) is 5.75 Å². The summed E-state index contributed by atoms with van der Waals surface area (Å²) in [5, 5.41) is 2.20. The van der Waals surface area contributed by atoms with Gasteiger partial charge in [0.2, 0.25) is 5.91 Å². The zero-order valence-corrected chi connectivity index (χ0v) is 17.1. The topological polar surface area (TPSA) is 72.6 Å². The number of rotatable bonds is 5. The molecular weight excluding hydrogens is 376 g/mol. The quantitative estimate of drug-likeness (QED) is 0.709. The molecule has 2 N–H and O–H groups in total. The highest BCUT2D eigenvalue weighted by molar-refractivity contribution is 5.88. The summed E-state index contributed by atoms with van der Waals surface area (Å²) in [7, 11) is 0. The second kappa shape index (κ2) is 8.19. The summed E-state index contributed by atoms with van der Waals surface area (Å²) in [6, 6.07) is 21.7. The van der Waals surface area contributed by atoms with Gasteiger partial charge in [-0.2, -0.15) is 0 Å². The van der Waals surface area contributed by atoms with E-state index >= 15 is 0 Å². The molecule has 0 aliphatic carbocycles. The van der Waals surface area contributed by atoms with Gasteiger partial charge in [0, 0.05) is 13.1 Å². The van der Waals surface area contributed by atoms with Gasteiger partial charge in [-0.1, -0.05) is 54.6 Å². The van der Waals surface area contributed by atoms with Gasteiger partial charge in [-0.25, -0.2) is 0 Å². The van der Waals surface area contributed by atoms with Crippen LogP contribution >= 0.6 is 0 Å². The van der Waals surface area contributed by atoms with Crippen LogP contribution in [0, 0.1) is 6.92 Å². The minimum atomic E-state index is -0.721. The Morgan fingerprint density at radius 1 is 0.967 bits per heavy atom. The summed E-state index contributed by atoms with van der Waals surface area (Å²) in [5.74, 6) is 0.271. The predicted molar refractivity (Wildman–Crippen MR) is 117 cm³/mol. The first kappa shape index (κ1) is 20.0. The largest absolute Gasteiger partial charge is 0.484 e. The van der Waals surface area contributed by atoms with Crippen LogP contribution in [0.3, 0.4) is 0 Å². The molecule has 0 spiro atoms. The third kappa shape index (κ3) is 3.75. The van der Waals surface area contributed by atoms with Gasteiger partial charge in [0.05, 0.1) is 5.41 Å². The Bertz CT molecular complexity index is 1080. The molecule has 3 aromatic rings. The third-order valence-corrected chi connectivity index (χ3v) is 6.19. The van der Waals surface area contributed by atoms with Crippen LogP contribution in [0.5, 0.6) is 5.75 Å². The maximum absolute atomic E-state index is 12.7. The van der Waals surface area contributed by atoms with Gasteiger partial charge in [-0.05, 0) is 53.8 Å². The molecule has 154 valence electrons. The molecule has 5 nitrogen and oxygen atoms in total. The minimum Gasteiger partial charge on any atom is -0.484 e. The molecule has 0 atom stereocenters. The summed E-state index contributed by atoms with van der Waals surface area (Å²) in [6.07, 6.45) is 1.05. The lowest BCUT2D eigenvalue weighted by molar-refractivity contribution is -0.137. The summed E-state index contributed by atoms with van der Waals surface area (Å²) >= 11 is 0. The van der Waals surface area contributed by atoms with Crippen molar-refractivity contribution in [2.75, 3.05) is 19.7 Å². The number of fused-ring (bicyclic) bond motifs is 1. The Morgan fingerprint density at radius 2 is 1.63 bits per heavy atom. The maximum Gasteiger partial charge on any atom is 0.260 e. The van der Waals surface area contributed by atoms with E-state index in [0.717, 1.165) is 21.9 Å². The van der Waals surface area contributed by atoms with Crippen LogP contribution < -0.4 is 10.5 Å². The van der Waals surface area contributed by atoms with Crippen LogP contribution in [-0.4, -0.2) is 36.4 Å². The first-order valence-corrected chi connectivity index (χ1v) is 10.2. The van der Waals surface area contributed by atoms with Crippen LogP contribution in [0.4, 0.5) is 0 Å². The number of hydrogen-bond donors (Lipinski definition) is 1. The van der Waals surface area contributed by atoms with E-state index in [9.17, 15) is 9.59 Å². The number of nitrogens with zero attached hydrogens (tertiary/aromatic N) is 1. The number of carbonyl (C=O) groups excluding carboxylic acids is 2. The number of benzene rings is 3. The van der Waals surface area contributed by atoms with E-state index in [1.54, 1.807) is 4.90 Å². The molecular formula is C25H26N2O3. The molecule has 1 fully saturated rings. The van der Waals surface area contributed by atoms with Crippen molar-refractivity contribution in [2.45, 2.75) is 25.2 Å². The van der Waals surface area contributed by atoms with Crippen LogP contribution in [0.1, 0.15) is 24.0 Å². The molecule has 0 unspecified atom stereocenters. The number of aryl methyl sites for hydroxylation is 1. The van der Waals surface area contributed by atoms with Crippen molar-refractivity contribution in [1.29, 1.82) is 0 Å². The number of hydrogen-bond acceptors (Lipinski definition) is 3. The van der Waals surface area contributed by atoms with Gasteiger partial charge in [-0.15, -0.1) is 0 Å². The van der Waals surface area contributed by atoms with E-state index in [0.29, 0.717) is 31.7 Å². The molecule has 30 heavy (non-hydrogen) atoms. The van der Waals surface area contributed by atoms with E-state index in [1.165, 1.54) is 0 Å². The SMILES string of the molecule is Cc1ccccc1C1(C(N)=O)CCN(C(=O)COc2ccc3ccccc3c2)CC1. The fourth-order valence-corrected chi connectivity index (χ4v) is 4.39. The van der Waals surface area contributed by atoms with Gasteiger partial charge in [0.15, 0.2) is 6.61 Å². The molecule has 0 bridgehead atoms. The lowest BCUT2D eigenvalue weighted by Gasteiger charge is -2.40. The highest BCUT2D eigenvalue weighted by Crippen LogP contribution is 2.37. The van der Waals surface area contributed by atoms with Gasteiger partial charge >= 0.3 is 0 Å². The molecule has 1 aliphatic heterocycles. The summed E-state index contributed by atoms with van der Waals surface area (Å²) < 4.78 is 5.75. The molecule has 0 radical (unpaired) electrons. The van der Waals surface area contributed by atoms with Gasteiger partial charge < -0.3 is 15.4 Å². The number of nitrogens with two attached hydrogens (primary N) is 1. The molecule has 2 amide bonds. The van der Waals surface area contributed by atoms with E-state index < -0.39 is 5.41 Å². The summed E-state index contributed by atoms with van der Waals surface area (Å²) in [4.78, 5) is 26.9. The number of primary amides is 1. The van der Waals surface area contributed by atoms with Crippen LogP contribution in [0.25, 0.3) is 10.8 Å². The van der Waals surface area contributed by atoms with Crippen molar-refractivity contribution in [3.05, 3.63) is 77.9 Å². The number of likely N-dealkylation sites (tertiary alicyclic amines) is 1. The fourth-order valence-electron chi connectivity index (χ4n) is 4.39. The van der Waals surface area contributed by atoms with Crippen molar-refractivity contribution in [3.8, 4) is 5.75 Å². The Morgan fingerprint density at radius 3 is 2.33 bits per heavy atom. The Labute approximate surface area is 176 Å². The Kier molecular flexibility index (Phi) is 5.44. The number of amides is 2. The highest BCUT2D eigenvalue weighted by atomic mass is 16.5. The van der Waals surface area contributed by atoms with Crippen LogP contribution in [0.15, 0.2) is 66.7 Å². The van der Waals surface area contributed by atoms with E-state index in [-0.39, 0.29) is 18.4 Å². The highest BCUT2D eigenvalue weighted by Gasteiger charge is 2.43. The monoisotopic (exact) mass is 402 g/mol. The van der Waals surface area contributed by atoms with Crippen molar-refractivity contribution < 1.29 is 14.3 Å². The number of ether oxygens (including phenoxy) is 1. The Balaban J connectivity index is 1.41. The molecule has 5 heteroatoms. The average molecular weight is 402 g/mol. The summed E-state index contributed by atoms with van der Waals surface area (Å²) in [5.41, 5.74) is 7.14. The smallest absolute Gasteiger partial charge is 0.260 e. The lowest BCUT2D eigenvalue weighted by Crippen LogP contribution is -2.52. The zero-order chi connectivity index (χ0) is 21.1. The molecule has 0 saturated carbocycles. The first-order chi connectivity index (χ1) is 14.5. The molecule has 1 heterocycles. The standard InChI is InChI=1S/C25H26N2O3/c1-18-6-2-5-9-22(18)25(24(26)29)12-14-27(15-13-25)23(28)17-30-21-11-10-19-7-3-4-8-20(19)16-21/h2-11,16H,12-15,17H2,1H3,(H2,26,29). The first-order valence-electron chi connectivity index (χ1n) is 10.2. The molecule has 0 aromatic heterocycles. The molecule has 4 rings (SSSR count). The van der Waals surface area contributed by atoms with E-state index in [2.05, 4.69) is 0 Å². The van der Waals surface area contributed by atoms with Gasteiger partial charge in [0.25, 0.3) is 5.91 Å². The number of carbonyl (C=O) groups is 2. The molecule has 1 aliphatic rings. The average Bonchev–Trinajstić information content (AvgIpc) is 2.77. The third-order valence-electron chi connectivity index (χ3n) is 6.19. The number of piperidine rings is 1. The van der Waals surface area contributed by atoms with E-state index in [4.69, 9.17) is 10.5 Å². The van der Waals surface area contributed by atoms with Gasteiger partial charge in [-0.3, -0.25) is 9.59 Å². The second-order valence-corrected chi connectivity index (χ2v) is 7.94. The molecule has 3 aromatic carbocycles. The van der Waals surface area contributed by atoms with Crippen LogP contribution in [0.2, 0.25) is 0 Å². The Hall–Kier alpha value is -3.34. The van der Waals surface area contributed by atoms with Crippen molar-refractivity contribution >= 4 is 22.6 Å². The minimum absolute atomic E-state index is 0.0216.